The second kappa shape index (κ2) is 12.6. The smallest absolute Gasteiger partial charge is 0.164 e. The standard InChI is InChI=1S/C20H22NS.C11H20O2.Ir/c1-5-20(4,6-2)17-12-14(3)11-16(13-17)18-8-7-15-9-10-22-19(15)21-18;1-10(2,3)8(12)7-9(13)11(4,5)6;/h7-10,12-13H,5-6H2,1-4H3;7,12H,1-6H3;/q-1;;/b;8-7-;. The van der Waals surface area contributed by atoms with E-state index < -0.39 is 5.41 Å². The Bertz CT molecular complexity index is 1190. The molecule has 0 unspecified atom stereocenters. The normalized spacial score (nSPS) is 12.6. The first-order valence-corrected chi connectivity index (χ1v) is 13.3. The van der Waals surface area contributed by atoms with Crippen LogP contribution in [0.5, 0.6) is 0 Å². The number of rotatable bonds is 5. The van der Waals surface area contributed by atoms with Gasteiger partial charge in [-0.3, -0.25) is 9.78 Å². The summed E-state index contributed by atoms with van der Waals surface area (Å²) in [6.45, 7) is 20.1. The molecule has 1 aromatic carbocycles. The van der Waals surface area contributed by atoms with E-state index in [1.807, 2.05) is 41.5 Å². The van der Waals surface area contributed by atoms with Gasteiger partial charge in [-0.05, 0) is 35.4 Å². The van der Waals surface area contributed by atoms with E-state index in [-0.39, 0.29) is 42.5 Å². The predicted octanol–water partition coefficient (Wildman–Crippen LogP) is 9.24. The van der Waals surface area contributed by atoms with Crippen molar-refractivity contribution < 1.29 is 30.0 Å². The van der Waals surface area contributed by atoms with Crippen LogP contribution in [0.4, 0.5) is 0 Å². The molecule has 0 saturated carbocycles. The third kappa shape index (κ3) is 8.36. The molecule has 36 heavy (non-hydrogen) atoms. The minimum atomic E-state index is -0.417. The Hall–Kier alpha value is -1.81. The molecule has 2 heterocycles. The topological polar surface area (TPSA) is 50.2 Å². The predicted molar refractivity (Wildman–Crippen MR) is 151 cm³/mol. The summed E-state index contributed by atoms with van der Waals surface area (Å²) in [5.41, 5.74) is 4.18. The number of aryl methyl sites for hydroxylation is 1. The molecule has 3 rings (SSSR count). The maximum atomic E-state index is 11.5. The Morgan fingerprint density at radius 1 is 1.00 bits per heavy atom. The van der Waals surface area contributed by atoms with E-state index in [1.165, 1.54) is 22.6 Å². The maximum absolute atomic E-state index is 11.5. The first kappa shape index (κ1) is 32.2. The third-order valence-corrected chi connectivity index (χ3v) is 7.45. The molecule has 0 aliphatic carbocycles. The third-order valence-electron chi connectivity index (χ3n) is 6.63. The molecule has 1 N–H and O–H groups in total. The molecule has 0 bridgehead atoms. The number of carbonyl (C=O) groups excluding carboxylic acids is 1. The van der Waals surface area contributed by atoms with Crippen LogP contribution in [-0.2, 0) is 30.3 Å². The average molecular weight is 685 g/mol. The van der Waals surface area contributed by atoms with Gasteiger partial charge >= 0.3 is 0 Å². The summed E-state index contributed by atoms with van der Waals surface area (Å²) >= 11 is 1.69. The molecule has 0 saturated heterocycles. The van der Waals surface area contributed by atoms with E-state index in [0.717, 1.165) is 28.9 Å². The van der Waals surface area contributed by atoms with Gasteiger partial charge in [0.05, 0.1) is 0 Å². The Balaban J connectivity index is 0.000000402. The number of benzene rings is 1. The van der Waals surface area contributed by atoms with Crippen molar-refractivity contribution in [3.05, 3.63) is 64.7 Å². The van der Waals surface area contributed by atoms with E-state index in [0.29, 0.717) is 0 Å². The summed E-state index contributed by atoms with van der Waals surface area (Å²) in [5.74, 6) is 0.104. The Morgan fingerprint density at radius 2 is 1.61 bits per heavy atom. The first-order valence-electron chi connectivity index (χ1n) is 12.5. The van der Waals surface area contributed by atoms with Gasteiger partial charge in [-0.15, -0.1) is 46.2 Å². The monoisotopic (exact) mass is 685 g/mol. The van der Waals surface area contributed by atoms with Gasteiger partial charge in [0.25, 0.3) is 0 Å². The number of nitrogens with zero attached hydrogens (tertiary/aromatic N) is 1. The minimum absolute atomic E-state index is 0. The number of allylic oxidation sites excluding steroid dienone is 2. The zero-order valence-electron chi connectivity index (χ0n) is 23.5. The molecular formula is C31H42IrNO2S-. The molecule has 3 nitrogen and oxygen atoms in total. The van der Waals surface area contributed by atoms with Crippen LogP contribution in [0.3, 0.4) is 0 Å². The van der Waals surface area contributed by atoms with Crippen LogP contribution in [0, 0.1) is 23.8 Å². The summed E-state index contributed by atoms with van der Waals surface area (Å²) in [6.07, 6.45) is 3.62. The molecule has 0 atom stereocenters. The number of hydrogen-bond donors (Lipinski definition) is 1. The number of hydrogen-bond acceptors (Lipinski definition) is 4. The zero-order valence-corrected chi connectivity index (χ0v) is 26.7. The van der Waals surface area contributed by atoms with Crippen molar-refractivity contribution in [1.82, 2.24) is 4.98 Å². The van der Waals surface area contributed by atoms with Crippen molar-refractivity contribution >= 4 is 27.3 Å². The van der Waals surface area contributed by atoms with Crippen molar-refractivity contribution in [2.24, 2.45) is 10.8 Å². The van der Waals surface area contributed by atoms with Crippen LogP contribution in [-0.4, -0.2) is 15.9 Å². The largest absolute Gasteiger partial charge is 0.512 e. The van der Waals surface area contributed by atoms with E-state index in [2.05, 4.69) is 69.5 Å². The number of aliphatic hydroxyl groups excluding tert-OH is 1. The fourth-order valence-electron chi connectivity index (χ4n) is 3.41. The molecule has 0 aliphatic heterocycles. The van der Waals surface area contributed by atoms with E-state index in [1.54, 1.807) is 11.3 Å². The van der Waals surface area contributed by atoms with Crippen molar-refractivity contribution in [2.45, 2.75) is 87.5 Å². The van der Waals surface area contributed by atoms with Gasteiger partial charge in [-0.2, -0.15) is 0 Å². The fourth-order valence-corrected chi connectivity index (χ4v) is 4.18. The zero-order chi connectivity index (χ0) is 26.6. The Morgan fingerprint density at radius 3 is 2.14 bits per heavy atom. The number of ketones is 1. The number of aromatic nitrogens is 1. The van der Waals surface area contributed by atoms with Gasteiger partial charge < -0.3 is 5.11 Å². The van der Waals surface area contributed by atoms with Gasteiger partial charge in [0.1, 0.15) is 10.6 Å². The van der Waals surface area contributed by atoms with Crippen LogP contribution in [0.25, 0.3) is 21.5 Å². The molecule has 0 spiro atoms. The van der Waals surface area contributed by atoms with Gasteiger partial charge in [0.2, 0.25) is 0 Å². The van der Waals surface area contributed by atoms with E-state index in [9.17, 15) is 9.90 Å². The van der Waals surface area contributed by atoms with Gasteiger partial charge in [-0.25, -0.2) is 0 Å². The molecule has 1 radical (unpaired) electrons. The number of aliphatic hydroxyl groups is 1. The number of fused-ring (bicyclic) bond motifs is 1. The van der Waals surface area contributed by atoms with Crippen LogP contribution in [0.1, 0.15) is 86.3 Å². The first-order chi connectivity index (χ1) is 16.1. The van der Waals surface area contributed by atoms with Gasteiger partial charge in [-0.1, -0.05) is 81.4 Å². The molecule has 0 amide bonds. The molecule has 2 aromatic heterocycles. The molecule has 0 aliphatic rings. The number of thiophene rings is 1. The summed E-state index contributed by atoms with van der Waals surface area (Å²) < 4.78 is 0. The molecule has 5 heteroatoms. The summed E-state index contributed by atoms with van der Waals surface area (Å²) in [6, 6.07) is 14.4. The quantitative estimate of drug-likeness (QED) is 0.166. The maximum Gasteiger partial charge on any atom is 0.164 e. The van der Waals surface area contributed by atoms with Crippen LogP contribution in [0.15, 0.2) is 47.5 Å². The number of pyridine rings is 1. The van der Waals surface area contributed by atoms with Gasteiger partial charge in [0.15, 0.2) is 5.78 Å². The summed E-state index contributed by atoms with van der Waals surface area (Å²) in [4.78, 5) is 17.4. The van der Waals surface area contributed by atoms with Gasteiger partial charge in [0, 0.05) is 42.4 Å². The molecule has 0 fully saturated rings. The van der Waals surface area contributed by atoms with Crippen LogP contribution >= 0.6 is 11.3 Å². The average Bonchev–Trinajstić information content (AvgIpc) is 3.25. The van der Waals surface area contributed by atoms with Crippen molar-refractivity contribution in [1.29, 1.82) is 0 Å². The van der Waals surface area contributed by atoms with Crippen LogP contribution in [0.2, 0.25) is 0 Å². The van der Waals surface area contributed by atoms with Crippen molar-refractivity contribution in [3.63, 3.8) is 0 Å². The van der Waals surface area contributed by atoms with E-state index >= 15 is 0 Å². The minimum Gasteiger partial charge on any atom is -0.512 e. The Kier molecular flexibility index (Phi) is 11.3. The summed E-state index contributed by atoms with van der Waals surface area (Å²) in [5, 5.41) is 12.9. The Labute approximate surface area is 235 Å². The molecule has 3 aromatic rings. The van der Waals surface area contributed by atoms with Crippen molar-refractivity contribution in [2.75, 3.05) is 0 Å². The second-order valence-corrected chi connectivity index (χ2v) is 12.5. The van der Waals surface area contributed by atoms with Crippen LogP contribution < -0.4 is 0 Å². The van der Waals surface area contributed by atoms with Crippen molar-refractivity contribution in [3.8, 4) is 11.3 Å². The molecule has 199 valence electrons. The summed E-state index contributed by atoms with van der Waals surface area (Å²) in [7, 11) is 0. The SMILES string of the molecule is CC(C)(C)C(=O)/C=C(\O)C(C)(C)C.CCC(C)(CC)c1cc(C)[c-]c(-c2ccc3ccsc3n2)c1.[Ir]. The second-order valence-electron chi connectivity index (χ2n) is 11.6. The molecular weight excluding hydrogens is 643 g/mol. The van der Waals surface area contributed by atoms with E-state index in [4.69, 9.17) is 4.98 Å². The number of carbonyl (C=O) groups is 1. The fraction of sp³-hybridized carbons (Fsp3) is 0.484.